The van der Waals surface area contributed by atoms with Crippen LogP contribution in [0.3, 0.4) is 0 Å². The number of rotatable bonds is 7. The molecule has 0 atom stereocenters. The third-order valence-electron chi connectivity index (χ3n) is 2.10. The van der Waals surface area contributed by atoms with E-state index in [1.165, 1.54) is 12.2 Å². The van der Waals surface area contributed by atoms with Crippen molar-refractivity contribution in [1.29, 1.82) is 0 Å². The smallest absolute Gasteiger partial charge is 0.258 e. The van der Waals surface area contributed by atoms with Crippen molar-refractivity contribution in [2.45, 2.75) is 13.3 Å². The molecule has 0 N–H and O–H groups in total. The average molecular weight is 231 g/mol. The van der Waals surface area contributed by atoms with E-state index in [1.54, 1.807) is 6.08 Å². The van der Waals surface area contributed by atoms with Gasteiger partial charge in [-0.15, -0.1) is 0 Å². The molecule has 3 nitrogen and oxygen atoms in total. The SMILES string of the molecule is C=C(/C=C\C(=C)C(=C)/C=C\C(=C)[N+](=O)[O-])CC. The van der Waals surface area contributed by atoms with E-state index in [9.17, 15) is 10.1 Å². The van der Waals surface area contributed by atoms with Crippen LogP contribution >= 0.6 is 0 Å². The van der Waals surface area contributed by atoms with E-state index in [-0.39, 0.29) is 5.70 Å². The minimum Gasteiger partial charge on any atom is -0.258 e. The van der Waals surface area contributed by atoms with Gasteiger partial charge in [0, 0.05) is 6.08 Å². The molecule has 0 unspecified atom stereocenters. The van der Waals surface area contributed by atoms with Gasteiger partial charge in [0.05, 0.1) is 4.92 Å². The van der Waals surface area contributed by atoms with Gasteiger partial charge in [-0.2, -0.15) is 0 Å². The first kappa shape index (κ1) is 14.8. The first-order valence-electron chi connectivity index (χ1n) is 5.13. The lowest BCUT2D eigenvalue weighted by Crippen LogP contribution is -1.92. The van der Waals surface area contributed by atoms with Crippen LogP contribution in [-0.4, -0.2) is 4.92 Å². The number of allylic oxidation sites excluding steroid dienone is 7. The van der Waals surface area contributed by atoms with Gasteiger partial charge < -0.3 is 0 Å². The van der Waals surface area contributed by atoms with Crippen molar-refractivity contribution < 1.29 is 4.92 Å². The van der Waals surface area contributed by atoms with Crippen LogP contribution in [0.1, 0.15) is 13.3 Å². The highest BCUT2D eigenvalue weighted by Gasteiger charge is 2.00. The van der Waals surface area contributed by atoms with Crippen LogP contribution in [0, 0.1) is 10.1 Å². The molecule has 0 aliphatic heterocycles. The zero-order valence-electron chi connectivity index (χ0n) is 10.1. The van der Waals surface area contributed by atoms with Crippen molar-refractivity contribution in [3.63, 3.8) is 0 Å². The molecule has 0 bridgehead atoms. The maximum atomic E-state index is 10.3. The van der Waals surface area contributed by atoms with Crippen LogP contribution in [0.4, 0.5) is 0 Å². The summed E-state index contributed by atoms with van der Waals surface area (Å²) in [7, 11) is 0. The van der Waals surface area contributed by atoms with E-state index in [0.717, 1.165) is 12.0 Å². The summed E-state index contributed by atoms with van der Waals surface area (Å²) in [5.74, 6) is 0. The summed E-state index contributed by atoms with van der Waals surface area (Å²) in [4.78, 5) is 9.76. The van der Waals surface area contributed by atoms with Crippen LogP contribution < -0.4 is 0 Å². The van der Waals surface area contributed by atoms with Crippen molar-refractivity contribution in [3.05, 3.63) is 83.2 Å². The maximum Gasteiger partial charge on any atom is 0.262 e. The zero-order valence-corrected chi connectivity index (χ0v) is 10.1. The molecule has 0 spiro atoms. The molecule has 0 aromatic heterocycles. The van der Waals surface area contributed by atoms with E-state index in [0.29, 0.717) is 11.1 Å². The summed E-state index contributed by atoms with van der Waals surface area (Å²) >= 11 is 0. The molecule has 0 aliphatic rings. The van der Waals surface area contributed by atoms with E-state index >= 15 is 0 Å². The Labute approximate surface area is 102 Å². The predicted octanol–water partition coefficient (Wildman–Crippen LogP) is 3.97. The Morgan fingerprint density at radius 1 is 1.06 bits per heavy atom. The molecule has 3 heteroatoms. The summed E-state index contributed by atoms with van der Waals surface area (Å²) in [5, 5.41) is 10.3. The second kappa shape index (κ2) is 7.17. The van der Waals surface area contributed by atoms with Gasteiger partial charge in [0.2, 0.25) is 0 Å². The fourth-order valence-corrected chi connectivity index (χ4v) is 0.808. The molecule has 0 heterocycles. The second-order valence-corrected chi connectivity index (χ2v) is 3.48. The maximum absolute atomic E-state index is 10.3. The fourth-order valence-electron chi connectivity index (χ4n) is 0.808. The Balaban J connectivity index is 4.48. The number of hydrogen-bond donors (Lipinski definition) is 0. The molecule has 0 saturated carbocycles. The lowest BCUT2D eigenvalue weighted by atomic mass is 10.1. The lowest BCUT2D eigenvalue weighted by Gasteiger charge is -1.99. The summed E-state index contributed by atoms with van der Waals surface area (Å²) in [6, 6.07) is 0. The number of nitro groups is 1. The highest BCUT2D eigenvalue weighted by molar-refractivity contribution is 5.44. The van der Waals surface area contributed by atoms with Gasteiger partial charge in [-0.3, -0.25) is 10.1 Å². The zero-order chi connectivity index (χ0) is 13.4. The third-order valence-corrected chi connectivity index (χ3v) is 2.10. The molecule has 0 amide bonds. The largest absolute Gasteiger partial charge is 0.262 e. The van der Waals surface area contributed by atoms with Gasteiger partial charge in [-0.1, -0.05) is 44.4 Å². The summed E-state index contributed by atoms with van der Waals surface area (Å²) in [6.45, 7) is 16.7. The van der Waals surface area contributed by atoms with Crippen LogP contribution in [0.15, 0.2) is 73.0 Å². The van der Waals surface area contributed by atoms with E-state index in [2.05, 4.69) is 26.3 Å². The average Bonchev–Trinajstić information content (AvgIpc) is 2.31. The monoisotopic (exact) mass is 231 g/mol. The molecular formula is C14H17NO2. The van der Waals surface area contributed by atoms with Crippen LogP contribution in [-0.2, 0) is 0 Å². The fraction of sp³-hybridized carbons (Fsp3) is 0.143. The molecule has 0 saturated heterocycles. The van der Waals surface area contributed by atoms with Crippen molar-refractivity contribution in [2.24, 2.45) is 0 Å². The van der Waals surface area contributed by atoms with Crippen molar-refractivity contribution in [3.8, 4) is 0 Å². The van der Waals surface area contributed by atoms with Gasteiger partial charge >= 0.3 is 0 Å². The second-order valence-electron chi connectivity index (χ2n) is 3.48. The van der Waals surface area contributed by atoms with Gasteiger partial charge in [0.1, 0.15) is 0 Å². The third kappa shape index (κ3) is 6.10. The topological polar surface area (TPSA) is 43.1 Å². The minimum atomic E-state index is -0.554. The molecule has 0 fully saturated rings. The Morgan fingerprint density at radius 2 is 1.53 bits per heavy atom. The normalized spacial score (nSPS) is 10.6. The predicted molar refractivity (Wildman–Crippen MR) is 72.1 cm³/mol. The minimum absolute atomic E-state index is 0.180. The molecule has 0 aromatic carbocycles. The standard InChI is InChI=1S/C14H17NO2/c1-6-11(2)7-8-12(3)13(4)9-10-14(5)15(16)17/h7-10H,2-6H2,1H3/b8-7-,10-9-. The Kier molecular flexibility index (Phi) is 6.26. The molecule has 0 rings (SSSR count). The number of nitrogens with zero attached hydrogens (tertiary/aromatic N) is 1. The van der Waals surface area contributed by atoms with Gasteiger partial charge in [0.15, 0.2) is 0 Å². The Morgan fingerprint density at radius 3 is 1.94 bits per heavy atom. The lowest BCUT2D eigenvalue weighted by molar-refractivity contribution is -0.418. The highest BCUT2D eigenvalue weighted by atomic mass is 16.6. The molecule has 0 aliphatic carbocycles. The quantitative estimate of drug-likeness (QED) is 0.378. The summed E-state index contributed by atoms with van der Waals surface area (Å²) in [6.07, 6.45) is 7.32. The van der Waals surface area contributed by atoms with Crippen LogP contribution in [0.2, 0.25) is 0 Å². The van der Waals surface area contributed by atoms with Gasteiger partial charge in [0.25, 0.3) is 5.70 Å². The van der Waals surface area contributed by atoms with Crippen molar-refractivity contribution >= 4 is 0 Å². The molecule has 90 valence electrons. The van der Waals surface area contributed by atoms with Gasteiger partial charge in [-0.25, -0.2) is 0 Å². The molecule has 0 aromatic rings. The first-order valence-corrected chi connectivity index (χ1v) is 5.13. The van der Waals surface area contributed by atoms with E-state index in [4.69, 9.17) is 0 Å². The summed E-state index contributed by atoms with van der Waals surface area (Å²) in [5.41, 5.74) is 2.10. The van der Waals surface area contributed by atoms with Crippen LogP contribution in [0.5, 0.6) is 0 Å². The number of hydrogen-bond acceptors (Lipinski definition) is 2. The van der Waals surface area contributed by atoms with E-state index < -0.39 is 4.92 Å². The van der Waals surface area contributed by atoms with Crippen molar-refractivity contribution in [1.82, 2.24) is 0 Å². The van der Waals surface area contributed by atoms with Crippen LogP contribution in [0.25, 0.3) is 0 Å². The van der Waals surface area contributed by atoms with Crippen molar-refractivity contribution in [2.75, 3.05) is 0 Å². The first-order chi connectivity index (χ1) is 7.88. The Hall–Kier alpha value is -2.16. The summed E-state index contributed by atoms with van der Waals surface area (Å²) < 4.78 is 0. The molecule has 17 heavy (non-hydrogen) atoms. The highest BCUT2D eigenvalue weighted by Crippen LogP contribution is 2.11. The Bertz CT molecular complexity index is 426. The van der Waals surface area contributed by atoms with Gasteiger partial charge in [-0.05, 0) is 30.2 Å². The molecule has 0 radical (unpaired) electrons. The molecular weight excluding hydrogens is 214 g/mol. The van der Waals surface area contributed by atoms with E-state index in [1.807, 2.05) is 13.0 Å².